The summed E-state index contributed by atoms with van der Waals surface area (Å²) in [6.45, 7) is 0. The van der Waals surface area contributed by atoms with Gasteiger partial charge in [-0.05, 0) is 29.8 Å². The lowest BCUT2D eigenvalue weighted by Gasteiger charge is -2.09. The Morgan fingerprint density at radius 1 is 1.09 bits per heavy atom. The average molecular weight is 485 g/mol. The molecule has 4 rings (SSSR count). The second kappa shape index (κ2) is 9.56. The van der Waals surface area contributed by atoms with Gasteiger partial charge in [-0.25, -0.2) is 4.98 Å². The first kappa shape index (κ1) is 22.1. The van der Waals surface area contributed by atoms with E-state index in [1.165, 1.54) is 15.9 Å². The van der Waals surface area contributed by atoms with Crippen LogP contribution in [0.2, 0.25) is 5.02 Å². The van der Waals surface area contributed by atoms with Gasteiger partial charge in [0.25, 0.3) is 11.5 Å². The quantitative estimate of drug-likeness (QED) is 0.255. The van der Waals surface area contributed by atoms with Crippen molar-refractivity contribution in [2.24, 2.45) is 7.05 Å². The fourth-order valence-electron chi connectivity index (χ4n) is 2.98. The predicted octanol–water partition coefficient (Wildman–Crippen LogP) is 3.87. The Kier molecular flexibility index (Phi) is 6.59. The summed E-state index contributed by atoms with van der Waals surface area (Å²) in [6.07, 6.45) is 0. The molecule has 0 aliphatic heterocycles. The smallest absolute Gasteiger partial charge is 0.269 e. The largest absolute Gasteiger partial charge is 0.290 e. The summed E-state index contributed by atoms with van der Waals surface area (Å²) in [4.78, 5) is 42.4. The minimum absolute atomic E-state index is 0.0242. The molecule has 2 aromatic heterocycles. The lowest BCUT2D eigenvalue weighted by molar-refractivity contribution is -0.119. The van der Waals surface area contributed by atoms with Crippen molar-refractivity contribution in [2.75, 3.05) is 5.75 Å². The molecule has 0 spiro atoms. The molecule has 0 bridgehead atoms. The van der Waals surface area contributed by atoms with Gasteiger partial charge >= 0.3 is 0 Å². The Morgan fingerprint density at radius 2 is 1.81 bits per heavy atom. The Labute approximate surface area is 196 Å². The molecular formula is C22H17ClN4O3S2. The summed E-state index contributed by atoms with van der Waals surface area (Å²) in [5.74, 6) is -0.911. The molecule has 0 saturated heterocycles. The number of amides is 2. The van der Waals surface area contributed by atoms with E-state index < -0.39 is 11.8 Å². The zero-order valence-electron chi connectivity index (χ0n) is 16.8. The zero-order valence-corrected chi connectivity index (χ0v) is 19.2. The molecule has 4 aromatic rings. The van der Waals surface area contributed by atoms with Gasteiger partial charge in [0.2, 0.25) is 5.91 Å². The van der Waals surface area contributed by atoms with Crippen molar-refractivity contribution < 1.29 is 9.59 Å². The predicted molar refractivity (Wildman–Crippen MR) is 128 cm³/mol. The first-order valence-electron chi connectivity index (χ1n) is 9.45. The third-order valence-corrected chi connectivity index (χ3v) is 6.77. The summed E-state index contributed by atoms with van der Waals surface area (Å²) in [5, 5.41) is 3.41. The molecule has 2 N–H and O–H groups in total. The number of nitrogens with zero attached hydrogens (tertiary/aromatic N) is 2. The van der Waals surface area contributed by atoms with Crippen LogP contribution in [0.1, 0.15) is 10.4 Å². The summed E-state index contributed by atoms with van der Waals surface area (Å²) in [5.41, 5.74) is 6.70. The average Bonchev–Trinajstić information content (AvgIpc) is 3.24. The third kappa shape index (κ3) is 4.69. The molecule has 2 aromatic carbocycles. The molecule has 0 aliphatic carbocycles. The minimum Gasteiger partial charge on any atom is -0.290 e. The number of halogens is 1. The molecule has 0 unspecified atom stereocenters. The number of rotatable bonds is 5. The van der Waals surface area contributed by atoms with E-state index in [2.05, 4.69) is 15.8 Å². The van der Waals surface area contributed by atoms with Crippen molar-refractivity contribution in [1.82, 2.24) is 20.4 Å². The van der Waals surface area contributed by atoms with Gasteiger partial charge in [0.15, 0.2) is 5.16 Å². The lowest BCUT2D eigenvalue weighted by atomic mass is 10.1. The fourth-order valence-corrected chi connectivity index (χ4v) is 4.86. The van der Waals surface area contributed by atoms with E-state index >= 15 is 0 Å². The number of nitrogens with one attached hydrogen (secondary N) is 2. The Hall–Kier alpha value is -3.14. The van der Waals surface area contributed by atoms with Crippen LogP contribution in [0.3, 0.4) is 0 Å². The second-order valence-corrected chi connectivity index (χ2v) is 8.99. The number of thioether (sulfide) groups is 1. The highest BCUT2D eigenvalue weighted by atomic mass is 35.5. The zero-order chi connectivity index (χ0) is 22.7. The van der Waals surface area contributed by atoms with E-state index in [0.717, 1.165) is 22.9 Å². The summed E-state index contributed by atoms with van der Waals surface area (Å²) >= 11 is 8.31. The highest BCUT2D eigenvalue weighted by Gasteiger charge is 2.16. The van der Waals surface area contributed by atoms with Gasteiger partial charge < -0.3 is 0 Å². The molecule has 2 heterocycles. The number of hydrazine groups is 1. The van der Waals surface area contributed by atoms with Crippen LogP contribution in [0.4, 0.5) is 0 Å². The van der Waals surface area contributed by atoms with Gasteiger partial charge in [0.05, 0.1) is 11.1 Å². The molecule has 0 radical (unpaired) electrons. The van der Waals surface area contributed by atoms with Gasteiger partial charge in [-0.15, -0.1) is 11.3 Å². The summed E-state index contributed by atoms with van der Waals surface area (Å²) in [6, 6.07) is 16.0. The first-order chi connectivity index (χ1) is 15.4. The topological polar surface area (TPSA) is 93.1 Å². The molecule has 2 amide bonds. The molecule has 162 valence electrons. The molecule has 10 heteroatoms. The Morgan fingerprint density at radius 3 is 2.53 bits per heavy atom. The summed E-state index contributed by atoms with van der Waals surface area (Å²) < 4.78 is 1.44. The number of hydrogen-bond acceptors (Lipinski definition) is 6. The molecular weight excluding hydrogens is 468 g/mol. The third-order valence-electron chi connectivity index (χ3n) is 4.61. The van der Waals surface area contributed by atoms with Gasteiger partial charge in [0.1, 0.15) is 4.83 Å². The van der Waals surface area contributed by atoms with E-state index in [-0.39, 0.29) is 11.3 Å². The Bertz CT molecular complexity index is 1350. The van der Waals surface area contributed by atoms with Crippen LogP contribution in [-0.2, 0) is 11.8 Å². The monoisotopic (exact) mass is 484 g/mol. The Balaban J connectivity index is 1.44. The van der Waals surface area contributed by atoms with E-state index in [9.17, 15) is 14.4 Å². The maximum Gasteiger partial charge on any atom is 0.269 e. The van der Waals surface area contributed by atoms with Crippen LogP contribution in [0.15, 0.2) is 69.9 Å². The number of thiophene rings is 1. The standard InChI is InChI=1S/C22H17ClN4O3S2/c1-27-21(30)18-16(13-5-3-2-4-6-13)11-31-20(18)24-22(27)32-12-17(28)25-26-19(29)14-7-9-15(23)10-8-14/h2-11H,12H2,1H3,(H,25,28)(H,26,29). The van der Waals surface area contributed by atoms with Gasteiger partial charge in [-0.2, -0.15) is 0 Å². The highest BCUT2D eigenvalue weighted by molar-refractivity contribution is 7.99. The number of benzene rings is 2. The normalized spacial score (nSPS) is 10.8. The molecule has 0 atom stereocenters. The molecule has 32 heavy (non-hydrogen) atoms. The van der Waals surface area contributed by atoms with Gasteiger partial charge in [-0.3, -0.25) is 29.8 Å². The van der Waals surface area contributed by atoms with Crippen LogP contribution in [0, 0.1) is 0 Å². The molecule has 0 fully saturated rings. The molecule has 0 aliphatic rings. The van der Waals surface area contributed by atoms with Crippen molar-refractivity contribution in [2.45, 2.75) is 5.16 Å². The molecule has 7 nitrogen and oxygen atoms in total. The SMILES string of the molecule is Cn1c(SCC(=O)NNC(=O)c2ccc(Cl)cc2)nc2scc(-c3ccccc3)c2c1=O. The molecule has 0 saturated carbocycles. The number of hydrogen-bond donors (Lipinski definition) is 2. The number of carbonyl (C=O) groups is 2. The van der Waals surface area contributed by atoms with Crippen molar-refractivity contribution in [1.29, 1.82) is 0 Å². The van der Waals surface area contributed by atoms with E-state index in [0.29, 0.717) is 26.0 Å². The van der Waals surface area contributed by atoms with Crippen LogP contribution >= 0.6 is 34.7 Å². The van der Waals surface area contributed by atoms with E-state index in [1.807, 2.05) is 35.7 Å². The van der Waals surface area contributed by atoms with Gasteiger partial charge in [0, 0.05) is 28.6 Å². The minimum atomic E-state index is -0.459. The first-order valence-corrected chi connectivity index (χ1v) is 11.7. The number of carbonyl (C=O) groups excluding carboxylic acids is 2. The van der Waals surface area contributed by atoms with Crippen molar-refractivity contribution >= 4 is 56.7 Å². The highest BCUT2D eigenvalue weighted by Crippen LogP contribution is 2.31. The fraction of sp³-hybridized carbons (Fsp3) is 0.0909. The van der Waals surface area contributed by atoms with Crippen LogP contribution in [0.25, 0.3) is 21.3 Å². The van der Waals surface area contributed by atoms with Crippen LogP contribution in [-0.4, -0.2) is 27.1 Å². The van der Waals surface area contributed by atoms with Crippen molar-refractivity contribution in [3.8, 4) is 11.1 Å². The number of fused-ring (bicyclic) bond motifs is 1. The van der Waals surface area contributed by atoms with Crippen molar-refractivity contribution in [3.63, 3.8) is 0 Å². The maximum atomic E-state index is 13.0. The summed E-state index contributed by atoms with van der Waals surface area (Å²) in [7, 11) is 1.63. The maximum absolute atomic E-state index is 13.0. The van der Waals surface area contributed by atoms with Crippen LogP contribution in [0.5, 0.6) is 0 Å². The van der Waals surface area contributed by atoms with Crippen molar-refractivity contribution in [3.05, 3.63) is 80.9 Å². The van der Waals surface area contributed by atoms with E-state index in [4.69, 9.17) is 11.6 Å². The van der Waals surface area contributed by atoms with Crippen LogP contribution < -0.4 is 16.4 Å². The number of aromatic nitrogens is 2. The van der Waals surface area contributed by atoms with Gasteiger partial charge in [-0.1, -0.05) is 53.7 Å². The second-order valence-electron chi connectivity index (χ2n) is 6.75. The lowest BCUT2D eigenvalue weighted by Crippen LogP contribution is -2.42. The van der Waals surface area contributed by atoms with E-state index in [1.54, 1.807) is 31.3 Å².